The van der Waals surface area contributed by atoms with Crippen LogP contribution < -0.4 is 5.32 Å². The molecule has 0 aliphatic carbocycles. The molecule has 0 aliphatic rings. The molecule has 1 amide bonds. The zero-order chi connectivity index (χ0) is 47.4. The van der Waals surface area contributed by atoms with E-state index in [1.54, 1.807) is 0 Å². The Morgan fingerprint density at radius 2 is 0.831 bits per heavy atom. The van der Waals surface area contributed by atoms with Crippen LogP contribution in [0.3, 0.4) is 0 Å². The predicted octanol–water partition coefficient (Wildman–Crippen LogP) is 17.2. The van der Waals surface area contributed by atoms with Crippen LogP contribution in [0.5, 0.6) is 0 Å². The average Bonchev–Trinajstić information content (AvgIpc) is 3.30. The molecule has 0 aromatic heterocycles. The van der Waals surface area contributed by atoms with E-state index in [9.17, 15) is 19.8 Å². The van der Waals surface area contributed by atoms with Gasteiger partial charge in [-0.05, 0) is 89.9 Å². The van der Waals surface area contributed by atoms with Crippen molar-refractivity contribution in [2.24, 2.45) is 0 Å². The smallest absolute Gasteiger partial charge is 0.306 e. The number of unbranched alkanes of at least 4 members (excludes halogenated alkanes) is 29. The van der Waals surface area contributed by atoms with E-state index in [1.807, 2.05) is 0 Å². The van der Waals surface area contributed by atoms with Crippen LogP contribution in [-0.4, -0.2) is 46.9 Å². The van der Waals surface area contributed by atoms with E-state index in [4.69, 9.17) is 4.74 Å². The average molecular weight is 911 g/mol. The van der Waals surface area contributed by atoms with Crippen LogP contribution in [0.2, 0.25) is 0 Å². The summed E-state index contributed by atoms with van der Waals surface area (Å²) in [4.78, 5) is 26.2. The maximum Gasteiger partial charge on any atom is 0.306 e. The van der Waals surface area contributed by atoms with Gasteiger partial charge in [0.15, 0.2) is 0 Å². The van der Waals surface area contributed by atoms with Gasteiger partial charge in [-0.15, -0.1) is 0 Å². The number of aliphatic hydroxyl groups excluding tert-OH is 2. The highest BCUT2D eigenvalue weighted by molar-refractivity contribution is 5.77. The highest BCUT2D eigenvalue weighted by atomic mass is 16.5. The molecule has 0 radical (unpaired) electrons. The fourth-order valence-corrected chi connectivity index (χ4v) is 8.31. The third-order valence-corrected chi connectivity index (χ3v) is 12.6. The van der Waals surface area contributed by atoms with Gasteiger partial charge in [0.25, 0.3) is 0 Å². The minimum absolute atomic E-state index is 0.0515. The minimum Gasteiger partial charge on any atom is -0.462 e. The van der Waals surface area contributed by atoms with E-state index in [2.05, 4.69) is 86.8 Å². The predicted molar refractivity (Wildman–Crippen MR) is 282 cm³/mol. The van der Waals surface area contributed by atoms with Gasteiger partial charge in [-0.25, -0.2) is 0 Å². The third kappa shape index (κ3) is 47.8. The van der Waals surface area contributed by atoms with Gasteiger partial charge in [0.1, 0.15) is 6.10 Å². The zero-order valence-electron chi connectivity index (χ0n) is 43.1. The number of esters is 1. The number of hydrogen-bond acceptors (Lipinski definition) is 5. The molecule has 3 atom stereocenters. The first-order chi connectivity index (χ1) is 32.0. The Hall–Kier alpha value is -2.44. The first-order valence-corrected chi connectivity index (χ1v) is 28.0. The summed E-state index contributed by atoms with van der Waals surface area (Å²) in [6, 6.07) is -0.716. The lowest BCUT2D eigenvalue weighted by Gasteiger charge is -2.24. The molecule has 0 saturated carbocycles. The van der Waals surface area contributed by atoms with Crippen molar-refractivity contribution >= 4 is 11.9 Å². The van der Waals surface area contributed by atoms with Crippen LogP contribution in [0, 0.1) is 0 Å². The fraction of sp³-hybridized carbons (Fsp3) is 0.797. The fourth-order valence-electron chi connectivity index (χ4n) is 8.31. The van der Waals surface area contributed by atoms with Crippen molar-refractivity contribution in [2.45, 2.75) is 296 Å². The summed E-state index contributed by atoms with van der Waals surface area (Å²) in [5.74, 6) is -0.522. The highest BCUT2D eigenvalue weighted by Crippen LogP contribution is 2.17. The van der Waals surface area contributed by atoms with Gasteiger partial charge >= 0.3 is 5.97 Å². The van der Waals surface area contributed by atoms with E-state index >= 15 is 0 Å². The molecule has 0 aliphatic heterocycles. The number of allylic oxidation sites excluding steroid dienone is 10. The molecule has 0 heterocycles. The summed E-state index contributed by atoms with van der Waals surface area (Å²) >= 11 is 0. The third-order valence-electron chi connectivity index (χ3n) is 12.6. The molecule has 3 N–H and O–H groups in total. The standard InChI is InChI=1S/C59H107NO5/c1-4-7-10-13-16-19-22-25-27-29-30-33-35-38-41-44-47-50-55(65-59(64)52-49-46-43-40-37-34-31-28-26-23-20-17-14-11-8-5-2)53-58(63)60-56(54-61)57(62)51-48-45-42-39-36-32-24-21-18-15-12-9-6-3/h16,19,25,27-28,30-31,33-34,37,55-57,61-62H,4-15,17-18,20-24,26,29,32,35-36,38-54H2,1-3H3,(H,60,63)/b19-16-,27-25-,31-28+,33-30-,37-34+. The minimum atomic E-state index is -0.800. The number of nitrogens with one attached hydrogen (secondary N) is 1. The SMILES string of the molecule is CCCCC/C=C\C/C=C\C/C=C\CCCCCCC(CC(=O)NC(CO)C(O)CCCCCCCCCCCCCCC)OC(=O)CCCCC/C=C/C=C/CCCCCCCCC. The molecule has 0 bridgehead atoms. The van der Waals surface area contributed by atoms with E-state index in [-0.39, 0.29) is 24.9 Å². The van der Waals surface area contributed by atoms with Gasteiger partial charge < -0.3 is 20.3 Å². The van der Waals surface area contributed by atoms with Crippen LogP contribution in [0.4, 0.5) is 0 Å². The number of ether oxygens (including phenoxy) is 1. The number of hydrogen-bond donors (Lipinski definition) is 3. The lowest BCUT2D eigenvalue weighted by molar-refractivity contribution is -0.151. The molecule has 0 aromatic carbocycles. The summed E-state index contributed by atoms with van der Waals surface area (Å²) in [6.07, 6.45) is 65.6. The topological polar surface area (TPSA) is 95.9 Å². The summed E-state index contributed by atoms with van der Waals surface area (Å²) in [5.41, 5.74) is 0. The van der Waals surface area contributed by atoms with Crippen molar-refractivity contribution in [3.05, 3.63) is 60.8 Å². The summed E-state index contributed by atoms with van der Waals surface area (Å²) in [5, 5.41) is 23.8. The molecule has 0 saturated heterocycles. The second kappa shape index (κ2) is 52.5. The van der Waals surface area contributed by atoms with Crippen LogP contribution in [0.25, 0.3) is 0 Å². The van der Waals surface area contributed by atoms with E-state index in [0.717, 1.165) is 96.3 Å². The highest BCUT2D eigenvalue weighted by Gasteiger charge is 2.24. The second-order valence-corrected chi connectivity index (χ2v) is 19.0. The molecule has 0 fully saturated rings. The Balaban J connectivity index is 4.67. The number of carbonyl (C=O) groups excluding carboxylic acids is 2. The first kappa shape index (κ1) is 62.6. The maximum atomic E-state index is 13.2. The molecular formula is C59H107NO5. The normalized spacial score (nSPS) is 13.6. The summed E-state index contributed by atoms with van der Waals surface area (Å²) in [6.45, 7) is 6.45. The van der Waals surface area contributed by atoms with Gasteiger partial charge in [-0.2, -0.15) is 0 Å². The van der Waals surface area contributed by atoms with Crippen molar-refractivity contribution in [2.75, 3.05) is 6.61 Å². The summed E-state index contributed by atoms with van der Waals surface area (Å²) < 4.78 is 5.93. The Morgan fingerprint density at radius 1 is 0.462 bits per heavy atom. The number of rotatable bonds is 50. The lowest BCUT2D eigenvalue weighted by atomic mass is 10.0. The van der Waals surface area contributed by atoms with E-state index < -0.39 is 18.2 Å². The molecule has 0 spiro atoms. The van der Waals surface area contributed by atoms with E-state index in [1.165, 1.54) is 135 Å². The van der Waals surface area contributed by atoms with Crippen molar-refractivity contribution in [1.29, 1.82) is 0 Å². The van der Waals surface area contributed by atoms with Crippen molar-refractivity contribution in [3.63, 3.8) is 0 Å². The molecule has 0 aromatic rings. The van der Waals surface area contributed by atoms with Gasteiger partial charge in [0.05, 0.1) is 25.2 Å². The van der Waals surface area contributed by atoms with E-state index in [0.29, 0.717) is 19.3 Å². The Kier molecular flexibility index (Phi) is 50.6. The van der Waals surface area contributed by atoms with Gasteiger partial charge in [-0.3, -0.25) is 9.59 Å². The molecular weight excluding hydrogens is 803 g/mol. The Bertz CT molecular complexity index is 1160. The second-order valence-electron chi connectivity index (χ2n) is 19.0. The molecule has 6 nitrogen and oxygen atoms in total. The van der Waals surface area contributed by atoms with Crippen LogP contribution in [0.1, 0.15) is 278 Å². The monoisotopic (exact) mass is 910 g/mol. The van der Waals surface area contributed by atoms with Crippen LogP contribution in [-0.2, 0) is 14.3 Å². The molecule has 378 valence electrons. The van der Waals surface area contributed by atoms with Crippen LogP contribution in [0.15, 0.2) is 60.8 Å². The maximum absolute atomic E-state index is 13.2. The van der Waals surface area contributed by atoms with Crippen molar-refractivity contribution < 1.29 is 24.5 Å². The largest absolute Gasteiger partial charge is 0.462 e. The Labute approximate surface area is 403 Å². The number of amides is 1. The molecule has 65 heavy (non-hydrogen) atoms. The summed E-state index contributed by atoms with van der Waals surface area (Å²) in [7, 11) is 0. The lowest BCUT2D eigenvalue weighted by Crippen LogP contribution is -2.46. The molecule has 6 heteroatoms. The number of aliphatic hydroxyl groups is 2. The van der Waals surface area contributed by atoms with Gasteiger partial charge in [0, 0.05) is 6.42 Å². The van der Waals surface area contributed by atoms with Crippen molar-refractivity contribution in [1.82, 2.24) is 5.32 Å². The van der Waals surface area contributed by atoms with Gasteiger partial charge in [-0.1, -0.05) is 236 Å². The molecule has 0 rings (SSSR count). The van der Waals surface area contributed by atoms with Crippen molar-refractivity contribution in [3.8, 4) is 0 Å². The van der Waals surface area contributed by atoms with Crippen LogP contribution >= 0.6 is 0 Å². The quantitative estimate of drug-likeness (QED) is 0.0245. The zero-order valence-corrected chi connectivity index (χ0v) is 43.1. The van der Waals surface area contributed by atoms with Gasteiger partial charge in [0.2, 0.25) is 5.91 Å². The number of carbonyl (C=O) groups is 2. The first-order valence-electron chi connectivity index (χ1n) is 28.0. The molecule has 3 unspecified atom stereocenters. The Morgan fingerprint density at radius 3 is 1.31 bits per heavy atom.